The van der Waals surface area contributed by atoms with E-state index in [2.05, 4.69) is 6.58 Å². The van der Waals surface area contributed by atoms with Crippen molar-refractivity contribution in [1.82, 2.24) is 0 Å². The summed E-state index contributed by atoms with van der Waals surface area (Å²) < 4.78 is 0. The van der Waals surface area contributed by atoms with Gasteiger partial charge in [-0.1, -0.05) is 19.1 Å². The lowest BCUT2D eigenvalue weighted by Gasteiger charge is -2.29. The molecule has 0 amide bonds. The number of benzene rings is 1. The number of rotatable bonds is 1. The first kappa shape index (κ1) is 12.8. The Morgan fingerprint density at radius 3 is 2.67 bits per heavy atom. The second-order valence-corrected chi connectivity index (χ2v) is 5.15. The Kier molecular flexibility index (Phi) is 3.03. The van der Waals surface area contributed by atoms with Gasteiger partial charge in [0.25, 0.3) is 0 Å². The number of hydrogen-bond acceptors (Lipinski definition) is 3. The molecule has 18 heavy (non-hydrogen) atoms. The normalized spacial score (nSPS) is 22.8. The molecule has 0 aliphatic heterocycles. The maximum absolute atomic E-state index is 12.0. The van der Waals surface area contributed by atoms with Gasteiger partial charge in [-0.25, -0.2) is 0 Å². The topological polar surface area (TPSA) is 57.5 Å². The molecule has 2 rings (SSSR count). The highest BCUT2D eigenvalue weighted by Crippen LogP contribution is 2.41. The molecule has 0 bridgehead atoms. The average Bonchev–Trinajstić information content (AvgIpc) is 2.28. The molecule has 0 saturated carbocycles. The van der Waals surface area contributed by atoms with Gasteiger partial charge in [0.05, 0.1) is 5.56 Å². The van der Waals surface area contributed by atoms with Crippen LogP contribution in [0, 0.1) is 6.92 Å². The molecule has 0 fully saturated rings. The highest BCUT2D eigenvalue weighted by molar-refractivity contribution is 6.05. The number of carbonyl (C=O) groups excluding carboxylic acids is 1. The van der Waals surface area contributed by atoms with Crippen LogP contribution in [0.1, 0.15) is 53.2 Å². The molecule has 0 aromatic heterocycles. The number of aliphatic hydroxyl groups is 1. The number of phenols is 1. The minimum absolute atomic E-state index is 0.0517. The van der Waals surface area contributed by atoms with Crippen molar-refractivity contribution in [2.45, 2.75) is 39.2 Å². The molecule has 1 aliphatic rings. The van der Waals surface area contributed by atoms with Crippen LogP contribution in [0.3, 0.4) is 0 Å². The van der Waals surface area contributed by atoms with Crippen LogP contribution in [0.5, 0.6) is 5.75 Å². The van der Waals surface area contributed by atoms with Crippen molar-refractivity contribution < 1.29 is 15.0 Å². The number of carbonyl (C=O) groups is 1. The third kappa shape index (κ3) is 1.75. The van der Waals surface area contributed by atoms with Crippen molar-refractivity contribution in [3.8, 4) is 5.75 Å². The van der Waals surface area contributed by atoms with Crippen LogP contribution in [-0.2, 0) is 0 Å². The molecule has 0 saturated heterocycles. The maximum atomic E-state index is 12.0. The average molecular weight is 246 g/mol. The maximum Gasteiger partial charge on any atom is 0.195 e. The molecule has 1 aromatic rings. The van der Waals surface area contributed by atoms with Gasteiger partial charge in [0.1, 0.15) is 11.9 Å². The first-order valence-corrected chi connectivity index (χ1v) is 6.09. The summed E-state index contributed by atoms with van der Waals surface area (Å²) in [7, 11) is 0. The Labute approximate surface area is 107 Å². The molecule has 0 unspecified atom stereocenters. The van der Waals surface area contributed by atoms with Crippen LogP contribution in [0.25, 0.3) is 5.57 Å². The van der Waals surface area contributed by atoms with E-state index >= 15 is 0 Å². The molecule has 1 aliphatic carbocycles. The van der Waals surface area contributed by atoms with Crippen LogP contribution in [0.15, 0.2) is 12.6 Å². The van der Waals surface area contributed by atoms with E-state index < -0.39 is 6.10 Å². The summed E-state index contributed by atoms with van der Waals surface area (Å²) in [6, 6.07) is 1.57. The van der Waals surface area contributed by atoms with Crippen LogP contribution >= 0.6 is 0 Å². The molecule has 0 radical (unpaired) electrons. The lowest BCUT2D eigenvalue weighted by atomic mass is 9.77. The summed E-state index contributed by atoms with van der Waals surface area (Å²) in [6.45, 7) is 9.66. The van der Waals surface area contributed by atoms with Gasteiger partial charge >= 0.3 is 0 Å². The number of Topliss-reactive ketones (excluding diaryl/α,β-unsaturated/α-hetero) is 1. The van der Waals surface area contributed by atoms with E-state index in [4.69, 9.17) is 0 Å². The summed E-state index contributed by atoms with van der Waals surface area (Å²) in [5, 5.41) is 19.8. The van der Waals surface area contributed by atoms with Gasteiger partial charge in [0.2, 0.25) is 0 Å². The Hall–Kier alpha value is -1.61. The molecule has 96 valence electrons. The molecule has 3 nitrogen and oxygen atoms in total. The van der Waals surface area contributed by atoms with E-state index in [0.29, 0.717) is 6.42 Å². The van der Waals surface area contributed by atoms with Gasteiger partial charge in [-0.2, -0.15) is 0 Å². The van der Waals surface area contributed by atoms with Crippen LogP contribution in [-0.4, -0.2) is 22.1 Å². The molecular weight excluding hydrogens is 228 g/mol. The SMILES string of the molecule is C=C(C)c1cc(O)c2c(c1C)[C@@H](C)C[C@@H](O)C2=O. The Bertz CT molecular complexity index is 543. The van der Waals surface area contributed by atoms with E-state index in [-0.39, 0.29) is 23.0 Å². The van der Waals surface area contributed by atoms with Crippen molar-refractivity contribution in [2.75, 3.05) is 0 Å². The molecular formula is C15H18O3. The van der Waals surface area contributed by atoms with E-state index in [1.54, 1.807) is 6.07 Å². The van der Waals surface area contributed by atoms with Crippen molar-refractivity contribution in [2.24, 2.45) is 0 Å². The largest absolute Gasteiger partial charge is 0.507 e. The highest BCUT2D eigenvalue weighted by atomic mass is 16.3. The standard InChI is InChI=1S/C15H18O3/c1-7(2)10-6-11(16)14-13(9(10)4)8(3)5-12(17)15(14)18/h6,8,12,16-17H,1,5H2,2-4H3/t8-,12+/m0/s1. The fraction of sp³-hybridized carbons (Fsp3) is 0.400. The summed E-state index contributed by atoms with van der Waals surface area (Å²) in [5.74, 6) is -0.376. The predicted molar refractivity (Wildman–Crippen MR) is 70.9 cm³/mol. The molecule has 0 spiro atoms. The zero-order valence-corrected chi connectivity index (χ0v) is 10.9. The summed E-state index contributed by atoms with van der Waals surface area (Å²) in [6.07, 6.45) is -0.598. The zero-order valence-electron chi connectivity index (χ0n) is 10.9. The fourth-order valence-electron chi connectivity index (χ4n) is 2.83. The predicted octanol–water partition coefficient (Wildman–Crippen LogP) is 2.78. The molecule has 3 heteroatoms. The Morgan fingerprint density at radius 2 is 2.11 bits per heavy atom. The van der Waals surface area contributed by atoms with Gasteiger partial charge in [-0.15, -0.1) is 0 Å². The van der Waals surface area contributed by atoms with E-state index in [1.807, 2.05) is 20.8 Å². The smallest absolute Gasteiger partial charge is 0.195 e. The van der Waals surface area contributed by atoms with E-state index in [1.165, 1.54) is 0 Å². The second-order valence-electron chi connectivity index (χ2n) is 5.15. The fourth-order valence-corrected chi connectivity index (χ4v) is 2.83. The number of aromatic hydroxyl groups is 1. The number of aliphatic hydroxyl groups excluding tert-OH is 1. The van der Waals surface area contributed by atoms with Gasteiger partial charge < -0.3 is 10.2 Å². The number of fused-ring (bicyclic) bond motifs is 1. The third-order valence-electron chi connectivity index (χ3n) is 3.69. The Balaban J connectivity index is 2.77. The van der Waals surface area contributed by atoms with Crippen molar-refractivity contribution in [3.05, 3.63) is 34.9 Å². The minimum atomic E-state index is -1.01. The van der Waals surface area contributed by atoms with Gasteiger partial charge in [-0.05, 0) is 48.9 Å². The number of ketones is 1. The van der Waals surface area contributed by atoms with Gasteiger partial charge in [0, 0.05) is 0 Å². The molecule has 2 N–H and O–H groups in total. The third-order valence-corrected chi connectivity index (χ3v) is 3.69. The lowest BCUT2D eigenvalue weighted by Crippen LogP contribution is -2.30. The zero-order chi connectivity index (χ0) is 13.6. The molecule has 2 atom stereocenters. The monoisotopic (exact) mass is 246 g/mol. The summed E-state index contributed by atoms with van der Waals surface area (Å²) in [4.78, 5) is 12.0. The minimum Gasteiger partial charge on any atom is -0.507 e. The highest BCUT2D eigenvalue weighted by Gasteiger charge is 2.34. The van der Waals surface area contributed by atoms with Gasteiger partial charge in [0.15, 0.2) is 5.78 Å². The first-order valence-electron chi connectivity index (χ1n) is 6.09. The molecule has 1 aromatic carbocycles. The lowest BCUT2D eigenvalue weighted by molar-refractivity contribution is 0.0690. The quantitative estimate of drug-likeness (QED) is 0.801. The van der Waals surface area contributed by atoms with E-state index in [9.17, 15) is 15.0 Å². The van der Waals surface area contributed by atoms with Crippen LogP contribution in [0.2, 0.25) is 0 Å². The number of allylic oxidation sites excluding steroid dienone is 1. The van der Waals surface area contributed by atoms with Crippen molar-refractivity contribution in [3.63, 3.8) is 0 Å². The number of hydrogen-bond donors (Lipinski definition) is 2. The van der Waals surface area contributed by atoms with Crippen LogP contribution < -0.4 is 0 Å². The van der Waals surface area contributed by atoms with Crippen molar-refractivity contribution >= 4 is 11.4 Å². The van der Waals surface area contributed by atoms with Crippen molar-refractivity contribution in [1.29, 1.82) is 0 Å². The second kappa shape index (κ2) is 4.25. The van der Waals surface area contributed by atoms with E-state index in [0.717, 1.165) is 22.3 Å². The van der Waals surface area contributed by atoms with Crippen LogP contribution in [0.4, 0.5) is 0 Å². The summed E-state index contributed by atoms with van der Waals surface area (Å²) >= 11 is 0. The first-order chi connectivity index (χ1) is 8.34. The van der Waals surface area contributed by atoms with Gasteiger partial charge in [-0.3, -0.25) is 4.79 Å². The Morgan fingerprint density at radius 1 is 1.50 bits per heavy atom. The number of phenolic OH excluding ortho intramolecular Hbond substituents is 1. The summed E-state index contributed by atoms with van der Waals surface area (Å²) in [5.41, 5.74) is 3.84. The molecule has 0 heterocycles.